The van der Waals surface area contributed by atoms with Crippen LogP contribution in [0.5, 0.6) is 0 Å². The van der Waals surface area contributed by atoms with Gasteiger partial charge in [0.2, 0.25) is 0 Å². The molecule has 40 valence electrons. The molecule has 0 radical (unpaired) electrons. The number of rotatable bonds is 1. The second-order valence-electron chi connectivity index (χ2n) is 0.890. The first-order chi connectivity index (χ1) is 3.18. The molecule has 0 rings (SSSR count). The van der Waals surface area contributed by atoms with E-state index in [1.165, 1.54) is 4.97 Å². The molecule has 0 aromatic carbocycles. The topological polar surface area (TPSA) is 63.3 Å². The monoisotopic (exact) mass is 167 g/mol. The second-order valence-corrected chi connectivity index (χ2v) is 1.43. The van der Waals surface area contributed by atoms with E-state index >= 15 is 0 Å². The molecular formula is C3H5NO2Se. The van der Waals surface area contributed by atoms with Crippen molar-refractivity contribution in [2.24, 2.45) is 5.73 Å². The third-order valence-corrected chi connectivity index (χ3v) is 0.970. The van der Waals surface area contributed by atoms with Crippen LogP contribution < -0.4 is 5.73 Å². The van der Waals surface area contributed by atoms with Gasteiger partial charge >= 0.3 is 48.3 Å². The Labute approximate surface area is 49.0 Å². The minimum atomic E-state index is -1.08. The van der Waals surface area contributed by atoms with Crippen molar-refractivity contribution in [3.63, 3.8) is 0 Å². The van der Waals surface area contributed by atoms with Crippen LogP contribution in [0, 0.1) is 0 Å². The Morgan fingerprint density at radius 1 is 1.86 bits per heavy atom. The molecule has 0 aliphatic carbocycles. The Kier molecular flexibility index (Phi) is 2.48. The zero-order valence-electron chi connectivity index (χ0n) is 3.46. The van der Waals surface area contributed by atoms with Gasteiger partial charge in [-0.3, -0.25) is 0 Å². The fourth-order valence-electron chi connectivity index (χ4n) is 0.0552. The molecular weight excluding hydrogens is 161 g/mol. The molecule has 0 aliphatic heterocycles. The average Bonchev–Trinajstić information content (AvgIpc) is 1.65. The first-order valence-corrected chi connectivity index (χ1v) is 2.60. The molecule has 7 heavy (non-hydrogen) atoms. The van der Waals surface area contributed by atoms with Gasteiger partial charge in [-0.15, -0.1) is 0 Å². The zero-order chi connectivity index (χ0) is 5.86. The van der Waals surface area contributed by atoms with Gasteiger partial charge in [0.15, 0.2) is 0 Å². The maximum absolute atomic E-state index is 9.73. The number of hydrogen-bond donors (Lipinski definition) is 2. The van der Waals surface area contributed by atoms with E-state index in [1.807, 2.05) is 16.0 Å². The predicted octanol–water partition coefficient (Wildman–Crippen LogP) is -1.23. The van der Waals surface area contributed by atoms with Crippen LogP contribution in [-0.2, 0) is 4.79 Å². The van der Waals surface area contributed by atoms with E-state index in [1.54, 1.807) is 0 Å². The molecule has 0 heterocycles. The first-order valence-electron chi connectivity index (χ1n) is 1.51. The molecule has 0 atom stereocenters. The number of nitrogens with two attached hydrogens (primary N) is 1. The maximum atomic E-state index is 9.73. The van der Waals surface area contributed by atoms with Gasteiger partial charge in [0.1, 0.15) is 0 Å². The number of carboxylic acid groups (broad SMARTS) is 1. The van der Waals surface area contributed by atoms with E-state index in [4.69, 9.17) is 10.8 Å². The SMILES string of the molecule is N/C(=C\[SeH])C(=O)O. The first kappa shape index (κ1) is 6.53. The summed E-state index contributed by atoms with van der Waals surface area (Å²) in [6.45, 7) is 0. The van der Waals surface area contributed by atoms with E-state index in [-0.39, 0.29) is 5.70 Å². The van der Waals surface area contributed by atoms with Crippen LogP contribution in [0.4, 0.5) is 0 Å². The Balaban J connectivity index is 3.82. The van der Waals surface area contributed by atoms with E-state index in [2.05, 4.69) is 0 Å². The van der Waals surface area contributed by atoms with Gasteiger partial charge in [-0.05, 0) is 0 Å². The minimum absolute atomic E-state index is 0.139. The van der Waals surface area contributed by atoms with Crippen molar-refractivity contribution in [2.75, 3.05) is 0 Å². The number of hydrogen-bond acceptors (Lipinski definition) is 2. The van der Waals surface area contributed by atoms with E-state index in [9.17, 15) is 4.79 Å². The normalized spacial score (nSPS) is 11.3. The fraction of sp³-hybridized carbons (Fsp3) is 0. The molecule has 0 spiro atoms. The molecule has 0 unspecified atom stereocenters. The van der Waals surface area contributed by atoms with Crippen LogP contribution in [0.3, 0.4) is 0 Å². The Bertz CT molecular complexity index is 110. The van der Waals surface area contributed by atoms with Gasteiger partial charge in [0.25, 0.3) is 0 Å². The van der Waals surface area contributed by atoms with Crippen LogP contribution in [0.2, 0.25) is 0 Å². The quantitative estimate of drug-likeness (QED) is 0.378. The molecule has 4 heteroatoms. The van der Waals surface area contributed by atoms with Gasteiger partial charge in [-0.1, -0.05) is 0 Å². The number of carboxylic acids is 1. The fourth-order valence-corrected chi connectivity index (χ4v) is 0.287. The van der Waals surface area contributed by atoms with Gasteiger partial charge in [0, 0.05) is 0 Å². The summed E-state index contributed by atoms with van der Waals surface area (Å²) >= 11 is 1.96. The van der Waals surface area contributed by atoms with Crippen LogP contribution in [0.15, 0.2) is 10.7 Å². The van der Waals surface area contributed by atoms with Crippen molar-refractivity contribution < 1.29 is 9.90 Å². The molecule has 0 bridgehead atoms. The summed E-state index contributed by atoms with van der Waals surface area (Å²) in [5.74, 6) is -1.08. The average molecular weight is 166 g/mol. The summed E-state index contributed by atoms with van der Waals surface area (Å²) in [5.41, 5.74) is 4.72. The number of carbonyl (C=O) groups is 1. The van der Waals surface area contributed by atoms with E-state index in [0.717, 1.165) is 0 Å². The third-order valence-electron chi connectivity index (χ3n) is 0.386. The molecule has 0 fully saturated rings. The molecule has 0 aliphatic rings. The van der Waals surface area contributed by atoms with Gasteiger partial charge in [-0.2, -0.15) is 0 Å². The summed E-state index contributed by atoms with van der Waals surface area (Å²) in [7, 11) is 0. The van der Waals surface area contributed by atoms with E-state index < -0.39 is 5.97 Å². The van der Waals surface area contributed by atoms with Crippen LogP contribution in [0.1, 0.15) is 0 Å². The van der Waals surface area contributed by atoms with Gasteiger partial charge in [0.05, 0.1) is 0 Å². The zero-order valence-corrected chi connectivity index (χ0v) is 5.33. The molecule has 0 aromatic rings. The van der Waals surface area contributed by atoms with Crippen molar-refractivity contribution in [1.82, 2.24) is 0 Å². The molecule has 0 saturated carbocycles. The Morgan fingerprint density at radius 3 is 2.29 bits per heavy atom. The van der Waals surface area contributed by atoms with Crippen molar-refractivity contribution in [3.05, 3.63) is 10.7 Å². The molecule has 3 N–H and O–H groups in total. The van der Waals surface area contributed by atoms with Crippen LogP contribution in [0.25, 0.3) is 0 Å². The van der Waals surface area contributed by atoms with Gasteiger partial charge in [-0.25, -0.2) is 0 Å². The number of aliphatic carboxylic acids is 1. The van der Waals surface area contributed by atoms with Crippen molar-refractivity contribution in [1.29, 1.82) is 0 Å². The van der Waals surface area contributed by atoms with Crippen molar-refractivity contribution >= 4 is 22.0 Å². The molecule has 3 nitrogen and oxygen atoms in total. The summed E-state index contributed by atoms with van der Waals surface area (Å²) < 4.78 is 0. The predicted molar refractivity (Wildman–Crippen MR) is 27.1 cm³/mol. The molecule has 0 amide bonds. The van der Waals surface area contributed by atoms with Crippen molar-refractivity contribution in [3.8, 4) is 0 Å². The summed E-state index contributed by atoms with van der Waals surface area (Å²) in [6.07, 6.45) is 0. The van der Waals surface area contributed by atoms with Crippen LogP contribution >= 0.6 is 0 Å². The summed E-state index contributed by atoms with van der Waals surface area (Å²) in [5, 5.41) is 7.98. The standard InChI is InChI=1S/C3H5NO2Se/c4-2(1-7)3(5)6/h1,7H,4H2,(H,5,6)/b2-1-. The van der Waals surface area contributed by atoms with Crippen LogP contribution in [-0.4, -0.2) is 27.1 Å². The summed E-state index contributed by atoms with van der Waals surface area (Å²) in [6, 6.07) is 0. The van der Waals surface area contributed by atoms with E-state index in [0.29, 0.717) is 0 Å². The third kappa shape index (κ3) is 2.25. The second kappa shape index (κ2) is 2.66. The molecule has 0 aromatic heterocycles. The van der Waals surface area contributed by atoms with Crippen molar-refractivity contribution in [2.45, 2.75) is 0 Å². The van der Waals surface area contributed by atoms with Gasteiger partial charge < -0.3 is 0 Å². The summed E-state index contributed by atoms with van der Waals surface area (Å²) in [4.78, 5) is 11.0. The Hall–Kier alpha value is -0.471. The molecule has 0 saturated heterocycles. The Morgan fingerprint density at radius 2 is 2.29 bits per heavy atom.